The first-order valence-electron chi connectivity index (χ1n) is 7.55. The van der Waals surface area contributed by atoms with Crippen molar-refractivity contribution in [2.45, 2.75) is 13.0 Å². The highest BCUT2D eigenvalue weighted by molar-refractivity contribution is 7.92. The van der Waals surface area contributed by atoms with Gasteiger partial charge in [-0.05, 0) is 25.1 Å². The first kappa shape index (κ1) is 18.0. The number of carbonyl (C=O) groups excluding carboxylic acids is 1. The van der Waals surface area contributed by atoms with Crippen LogP contribution in [0.2, 0.25) is 5.02 Å². The summed E-state index contributed by atoms with van der Waals surface area (Å²) in [4.78, 5) is 15.8. The predicted molar refractivity (Wildman–Crippen MR) is 91.4 cm³/mol. The van der Waals surface area contributed by atoms with E-state index in [0.29, 0.717) is 23.8 Å². The highest BCUT2D eigenvalue weighted by Crippen LogP contribution is 2.24. The summed E-state index contributed by atoms with van der Waals surface area (Å²) in [7, 11) is -1.52. The molecule has 1 atom stereocenters. The molecule has 1 amide bonds. The number of rotatable bonds is 4. The molecule has 8 heteroatoms. The Labute approximate surface area is 142 Å². The number of benzene rings is 1. The van der Waals surface area contributed by atoms with Gasteiger partial charge in [-0.1, -0.05) is 17.7 Å². The van der Waals surface area contributed by atoms with Gasteiger partial charge < -0.3 is 9.80 Å². The summed E-state index contributed by atoms with van der Waals surface area (Å²) in [5, 5.41) is 0.430. The van der Waals surface area contributed by atoms with E-state index in [1.165, 1.54) is 4.90 Å². The normalized spacial score (nSPS) is 17.8. The lowest BCUT2D eigenvalue weighted by atomic mass is 10.2. The number of sulfonamides is 1. The van der Waals surface area contributed by atoms with E-state index in [1.54, 1.807) is 36.1 Å². The highest BCUT2D eigenvalue weighted by atomic mass is 35.5. The fourth-order valence-corrected chi connectivity index (χ4v) is 4.13. The smallest absolute Gasteiger partial charge is 0.246 e. The maximum absolute atomic E-state index is 12.7. The van der Waals surface area contributed by atoms with Crippen LogP contribution in [0.4, 0.5) is 5.69 Å². The lowest BCUT2D eigenvalue weighted by molar-refractivity contribution is -0.883. The average molecular weight is 361 g/mol. The predicted octanol–water partition coefficient (Wildman–Crippen LogP) is -0.149. The lowest BCUT2D eigenvalue weighted by Crippen LogP contribution is -3.12. The van der Waals surface area contributed by atoms with Crippen LogP contribution in [0.1, 0.15) is 6.92 Å². The van der Waals surface area contributed by atoms with Crippen LogP contribution in [-0.4, -0.2) is 64.7 Å². The molecule has 23 heavy (non-hydrogen) atoms. The molecule has 1 heterocycles. The van der Waals surface area contributed by atoms with Gasteiger partial charge in [0.15, 0.2) is 0 Å². The van der Waals surface area contributed by atoms with E-state index in [2.05, 4.69) is 7.05 Å². The molecule has 1 N–H and O–H groups in total. The number of hydrogen-bond donors (Lipinski definition) is 1. The molecule has 0 radical (unpaired) electrons. The zero-order chi connectivity index (χ0) is 17.2. The summed E-state index contributed by atoms with van der Waals surface area (Å²) in [6, 6.07) is 5.74. The Bertz CT molecular complexity index is 672. The minimum atomic E-state index is -3.61. The zero-order valence-electron chi connectivity index (χ0n) is 13.6. The minimum absolute atomic E-state index is 0.178. The molecule has 1 aliphatic rings. The van der Waals surface area contributed by atoms with E-state index >= 15 is 0 Å². The van der Waals surface area contributed by atoms with E-state index < -0.39 is 16.1 Å². The third kappa shape index (κ3) is 4.37. The van der Waals surface area contributed by atoms with Crippen molar-refractivity contribution in [2.75, 3.05) is 43.8 Å². The lowest BCUT2D eigenvalue weighted by Gasteiger charge is -2.35. The van der Waals surface area contributed by atoms with Crippen LogP contribution in [-0.2, 0) is 14.8 Å². The SMILES string of the molecule is C[C@@H](C(=O)N1CC[NH+](C)CC1)N(c1cccc(Cl)c1)S(C)(=O)=O. The van der Waals surface area contributed by atoms with Crippen molar-refractivity contribution in [3.05, 3.63) is 29.3 Å². The van der Waals surface area contributed by atoms with Gasteiger partial charge in [0.25, 0.3) is 0 Å². The van der Waals surface area contributed by atoms with E-state index in [9.17, 15) is 13.2 Å². The van der Waals surface area contributed by atoms with Gasteiger partial charge in [-0.3, -0.25) is 9.10 Å². The number of halogens is 1. The number of amides is 1. The van der Waals surface area contributed by atoms with Gasteiger partial charge in [-0.15, -0.1) is 0 Å². The first-order chi connectivity index (χ1) is 10.7. The van der Waals surface area contributed by atoms with Crippen molar-refractivity contribution in [1.82, 2.24) is 4.90 Å². The van der Waals surface area contributed by atoms with Crippen LogP contribution >= 0.6 is 11.6 Å². The number of nitrogens with zero attached hydrogens (tertiary/aromatic N) is 2. The van der Waals surface area contributed by atoms with Crippen LogP contribution in [0.25, 0.3) is 0 Å². The summed E-state index contributed by atoms with van der Waals surface area (Å²) < 4.78 is 25.6. The molecule has 128 valence electrons. The third-order valence-electron chi connectivity index (χ3n) is 4.06. The molecular formula is C15H23ClN3O3S+. The number of carbonyl (C=O) groups is 1. The van der Waals surface area contributed by atoms with Crippen LogP contribution in [0.3, 0.4) is 0 Å². The summed E-state index contributed by atoms with van der Waals surface area (Å²) in [5.74, 6) is -0.178. The maximum Gasteiger partial charge on any atom is 0.246 e. The van der Waals surface area contributed by atoms with Crippen molar-refractivity contribution in [1.29, 1.82) is 0 Å². The number of hydrogen-bond acceptors (Lipinski definition) is 3. The molecule has 0 aromatic heterocycles. The molecule has 0 saturated carbocycles. The summed E-state index contributed by atoms with van der Waals surface area (Å²) in [5.41, 5.74) is 0.403. The van der Waals surface area contributed by atoms with E-state index in [4.69, 9.17) is 11.6 Å². The molecule has 1 saturated heterocycles. The van der Waals surface area contributed by atoms with E-state index in [0.717, 1.165) is 23.7 Å². The second-order valence-electron chi connectivity index (χ2n) is 6.00. The number of nitrogens with one attached hydrogen (secondary N) is 1. The van der Waals surface area contributed by atoms with Crippen LogP contribution < -0.4 is 9.21 Å². The number of quaternary nitrogens is 1. The standard InChI is InChI=1S/C15H22ClN3O3S/c1-12(15(20)18-9-7-17(2)8-10-18)19(23(3,21)22)14-6-4-5-13(16)11-14/h4-6,11-12H,7-10H2,1-3H3/p+1/t12-/m0/s1. The molecule has 1 aromatic rings. The van der Waals surface area contributed by atoms with E-state index in [1.807, 2.05) is 0 Å². The molecule has 1 aromatic carbocycles. The Balaban J connectivity index is 2.27. The molecule has 0 unspecified atom stereocenters. The molecule has 0 bridgehead atoms. The third-order valence-corrected chi connectivity index (χ3v) is 5.53. The highest BCUT2D eigenvalue weighted by Gasteiger charge is 2.33. The van der Waals surface area contributed by atoms with Gasteiger partial charge in [-0.25, -0.2) is 8.42 Å². The van der Waals surface area contributed by atoms with Crippen LogP contribution in [0.5, 0.6) is 0 Å². The van der Waals surface area contributed by atoms with Gasteiger partial charge in [0.05, 0.1) is 45.2 Å². The second-order valence-corrected chi connectivity index (χ2v) is 8.29. The number of anilines is 1. The van der Waals surface area contributed by atoms with E-state index in [-0.39, 0.29) is 5.91 Å². The Morgan fingerprint density at radius 2 is 1.96 bits per heavy atom. The van der Waals surface area contributed by atoms with Gasteiger partial charge in [0.2, 0.25) is 15.9 Å². The summed E-state index contributed by atoms with van der Waals surface area (Å²) in [6.07, 6.45) is 1.10. The molecule has 0 aliphatic carbocycles. The van der Waals surface area contributed by atoms with Crippen LogP contribution in [0, 0.1) is 0 Å². The maximum atomic E-state index is 12.7. The van der Waals surface area contributed by atoms with Crippen molar-refractivity contribution in [3.63, 3.8) is 0 Å². The van der Waals surface area contributed by atoms with Gasteiger partial charge in [0, 0.05) is 5.02 Å². The van der Waals surface area contributed by atoms with Gasteiger partial charge in [0.1, 0.15) is 6.04 Å². The molecule has 2 rings (SSSR count). The Morgan fingerprint density at radius 1 is 1.35 bits per heavy atom. The Morgan fingerprint density at radius 3 is 2.48 bits per heavy atom. The Kier molecular flexibility index (Phi) is 5.54. The topological polar surface area (TPSA) is 62.1 Å². The molecule has 0 spiro atoms. The largest absolute Gasteiger partial charge is 0.334 e. The molecule has 1 aliphatic heterocycles. The van der Waals surface area contributed by atoms with Crippen molar-refractivity contribution in [3.8, 4) is 0 Å². The summed E-state index contributed by atoms with van der Waals surface area (Å²) in [6.45, 7) is 4.64. The van der Waals surface area contributed by atoms with Crippen LogP contribution in [0.15, 0.2) is 24.3 Å². The molecular weight excluding hydrogens is 338 g/mol. The van der Waals surface area contributed by atoms with Gasteiger partial charge >= 0.3 is 0 Å². The minimum Gasteiger partial charge on any atom is -0.334 e. The number of piperazine rings is 1. The average Bonchev–Trinajstić information content (AvgIpc) is 2.46. The summed E-state index contributed by atoms with van der Waals surface area (Å²) >= 11 is 5.97. The number of likely N-dealkylation sites (N-methyl/N-ethyl adjacent to an activating group) is 1. The van der Waals surface area contributed by atoms with Crippen molar-refractivity contribution >= 4 is 33.2 Å². The fourth-order valence-electron chi connectivity index (χ4n) is 2.79. The van der Waals surface area contributed by atoms with Crippen molar-refractivity contribution < 1.29 is 18.1 Å². The second kappa shape index (κ2) is 7.07. The van der Waals surface area contributed by atoms with Gasteiger partial charge in [-0.2, -0.15) is 0 Å². The zero-order valence-corrected chi connectivity index (χ0v) is 15.2. The molecule has 1 fully saturated rings. The monoisotopic (exact) mass is 360 g/mol. The quantitative estimate of drug-likeness (QED) is 0.812. The Hall–Kier alpha value is -1.31. The first-order valence-corrected chi connectivity index (χ1v) is 9.78. The molecule has 6 nitrogen and oxygen atoms in total. The van der Waals surface area contributed by atoms with Crippen molar-refractivity contribution in [2.24, 2.45) is 0 Å². The fraction of sp³-hybridized carbons (Fsp3) is 0.533.